The number of para-hydroxylation sites is 1. The van der Waals surface area contributed by atoms with E-state index in [-0.39, 0.29) is 11.5 Å². The summed E-state index contributed by atoms with van der Waals surface area (Å²) in [7, 11) is 0. The highest BCUT2D eigenvalue weighted by Gasteiger charge is 2.28. The van der Waals surface area contributed by atoms with Crippen LogP contribution in [0, 0.1) is 6.92 Å². The first-order valence-electron chi connectivity index (χ1n) is 10.7. The second-order valence-corrected chi connectivity index (χ2v) is 7.78. The Hall–Kier alpha value is -4.38. The summed E-state index contributed by atoms with van der Waals surface area (Å²) < 4.78 is 13.3. The van der Waals surface area contributed by atoms with E-state index in [4.69, 9.17) is 14.6 Å². The van der Waals surface area contributed by atoms with Gasteiger partial charge in [-0.15, -0.1) is 0 Å². The molecule has 0 N–H and O–H groups in total. The lowest BCUT2D eigenvalue weighted by Gasteiger charge is -2.05. The van der Waals surface area contributed by atoms with Crippen LogP contribution in [-0.2, 0) is 0 Å². The van der Waals surface area contributed by atoms with Crippen LogP contribution in [0.15, 0.2) is 97.4 Å². The minimum Gasteiger partial charge on any atom is -0.490 e. The normalized spacial score (nSPS) is 13.6. The molecule has 0 fully saturated rings. The molecule has 5 nitrogen and oxygen atoms in total. The minimum atomic E-state index is -0.125. The number of hydrogen-bond donors (Lipinski definition) is 0. The van der Waals surface area contributed by atoms with Gasteiger partial charge in [-0.25, -0.2) is 4.68 Å². The number of carbonyl (C=O) groups is 1. The van der Waals surface area contributed by atoms with Gasteiger partial charge in [0.25, 0.3) is 0 Å². The Morgan fingerprint density at radius 1 is 1.06 bits per heavy atom. The van der Waals surface area contributed by atoms with Crippen LogP contribution >= 0.6 is 0 Å². The molecule has 0 saturated carbocycles. The summed E-state index contributed by atoms with van der Waals surface area (Å²) >= 11 is 0. The molecule has 1 aromatic heterocycles. The van der Waals surface area contributed by atoms with Crippen LogP contribution in [0.4, 0.5) is 0 Å². The average Bonchev–Trinajstić information content (AvgIpc) is 3.40. The fourth-order valence-electron chi connectivity index (χ4n) is 3.74. The van der Waals surface area contributed by atoms with Crippen molar-refractivity contribution < 1.29 is 14.3 Å². The number of allylic oxidation sites excluding steroid dienone is 1. The van der Waals surface area contributed by atoms with Gasteiger partial charge in [-0.2, -0.15) is 5.10 Å². The van der Waals surface area contributed by atoms with Crippen molar-refractivity contribution in [2.75, 3.05) is 6.61 Å². The van der Waals surface area contributed by atoms with Gasteiger partial charge in [-0.1, -0.05) is 42.5 Å². The first-order valence-corrected chi connectivity index (χ1v) is 10.7. The third kappa shape index (κ3) is 4.08. The zero-order chi connectivity index (χ0) is 22.8. The van der Waals surface area contributed by atoms with Gasteiger partial charge in [0.15, 0.2) is 5.76 Å². The Labute approximate surface area is 192 Å². The number of rotatable bonds is 6. The van der Waals surface area contributed by atoms with Gasteiger partial charge >= 0.3 is 0 Å². The molecular formula is C28H22N2O3. The van der Waals surface area contributed by atoms with Gasteiger partial charge in [0, 0.05) is 17.3 Å². The molecule has 1 aliphatic rings. The fraction of sp³-hybridized carbons (Fsp3) is 0.0714. The summed E-state index contributed by atoms with van der Waals surface area (Å²) in [5.41, 5.74) is 4.95. The summed E-state index contributed by atoms with van der Waals surface area (Å²) in [5.74, 6) is 1.49. The summed E-state index contributed by atoms with van der Waals surface area (Å²) in [6.45, 7) is 6.08. The lowest BCUT2D eigenvalue weighted by atomic mass is 10.0. The van der Waals surface area contributed by atoms with E-state index in [1.165, 1.54) is 0 Å². The molecular weight excluding hydrogens is 412 g/mol. The highest BCUT2D eigenvalue weighted by atomic mass is 16.5. The number of aromatic nitrogens is 2. The lowest BCUT2D eigenvalue weighted by Crippen LogP contribution is -1.98. The first kappa shape index (κ1) is 20.5. The van der Waals surface area contributed by atoms with Gasteiger partial charge in [-0.05, 0) is 61.5 Å². The second kappa shape index (κ2) is 8.63. The summed E-state index contributed by atoms with van der Waals surface area (Å²) in [5, 5.41) is 4.82. The number of nitrogens with zero attached hydrogens (tertiary/aromatic N) is 2. The van der Waals surface area contributed by atoms with E-state index in [2.05, 4.69) is 6.58 Å². The van der Waals surface area contributed by atoms with Crippen LogP contribution in [0.2, 0.25) is 0 Å². The molecule has 5 heteroatoms. The molecule has 33 heavy (non-hydrogen) atoms. The van der Waals surface area contributed by atoms with E-state index in [1.54, 1.807) is 16.8 Å². The number of ketones is 1. The smallest absolute Gasteiger partial charge is 0.231 e. The van der Waals surface area contributed by atoms with E-state index < -0.39 is 0 Å². The molecule has 162 valence electrons. The molecule has 0 atom stereocenters. The van der Waals surface area contributed by atoms with Crippen LogP contribution in [0.5, 0.6) is 11.5 Å². The molecule has 3 aromatic carbocycles. The number of Topliss-reactive ketones (excluding diaryl/α,β-unsaturated/α-hetero) is 1. The number of carbonyl (C=O) groups excluding carboxylic acids is 1. The Morgan fingerprint density at radius 2 is 1.85 bits per heavy atom. The van der Waals surface area contributed by atoms with Gasteiger partial charge in [-0.3, -0.25) is 4.79 Å². The summed E-state index contributed by atoms with van der Waals surface area (Å²) in [4.78, 5) is 13.0. The van der Waals surface area contributed by atoms with E-state index >= 15 is 0 Å². The molecule has 0 spiro atoms. The predicted molar refractivity (Wildman–Crippen MR) is 129 cm³/mol. The summed E-state index contributed by atoms with van der Waals surface area (Å²) in [6.07, 6.45) is 5.38. The summed E-state index contributed by atoms with van der Waals surface area (Å²) in [6, 6.07) is 23.2. The van der Waals surface area contributed by atoms with Gasteiger partial charge in [0.2, 0.25) is 5.78 Å². The Bertz CT molecular complexity index is 1370. The molecule has 5 rings (SSSR count). The van der Waals surface area contributed by atoms with Crippen molar-refractivity contribution in [1.82, 2.24) is 9.78 Å². The largest absolute Gasteiger partial charge is 0.490 e. The Morgan fingerprint density at radius 3 is 2.61 bits per heavy atom. The number of aryl methyl sites for hydroxylation is 1. The van der Waals surface area contributed by atoms with Gasteiger partial charge in [0.05, 0.1) is 11.3 Å². The second-order valence-electron chi connectivity index (χ2n) is 7.78. The zero-order valence-corrected chi connectivity index (χ0v) is 18.2. The third-order valence-corrected chi connectivity index (χ3v) is 5.37. The maximum Gasteiger partial charge on any atom is 0.231 e. The minimum absolute atomic E-state index is 0.125. The molecule has 0 aliphatic carbocycles. The van der Waals surface area contributed by atoms with E-state index in [1.807, 2.05) is 85.9 Å². The molecule has 0 saturated heterocycles. The van der Waals surface area contributed by atoms with E-state index in [9.17, 15) is 4.79 Å². The monoisotopic (exact) mass is 434 g/mol. The Kier molecular flexibility index (Phi) is 5.37. The SMILES string of the molecule is C=CCOc1ccc(-c2nn(-c3ccccc3)cc2/C=C2\Oc3ccc(C)cc3C2=O)cc1. The van der Waals surface area contributed by atoms with Crippen molar-refractivity contribution in [2.24, 2.45) is 0 Å². The maximum atomic E-state index is 13.0. The van der Waals surface area contributed by atoms with Crippen molar-refractivity contribution in [3.63, 3.8) is 0 Å². The van der Waals surface area contributed by atoms with Gasteiger partial charge in [0.1, 0.15) is 23.8 Å². The third-order valence-electron chi connectivity index (χ3n) is 5.37. The van der Waals surface area contributed by atoms with E-state index in [0.717, 1.165) is 33.8 Å². The number of fused-ring (bicyclic) bond motifs is 1. The number of benzene rings is 3. The highest BCUT2D eigenvalue weighted by Crippen LogP contribution is 2.34. The molecule has 0 amide bonds. The maximum absolute atomic E-state index is 13.0. The van der Waals surface area contributed by atoms with Crippen LogP contribution in [0.1, 0.15) is 21.5 Å². The molecule has 0 radical (unpaired) electrons. The lowest BCUT2D eigenvalue weighted by molar-refractivity contribution is 0.101. The highest BCUT2D eigenvalue weighted by molar-refractivity contribution is 6.14. The topological polar surface area (TPSA) is 53.4 Å². The van der Waals surface area contributed by atoms with Crippen molar-refractivity contribution in [3.05, 3.63) is 114 Å². The van der Waals surface area contributed by atoms with Crippen molar-refractivity contribution in [3.8, 4) is 28.4 Å². The first-order chi connectivity index (χ1) is 16.1. The standard InChI is InChI=1S/C28H22N2O3/c1-3-15-32-23-12-10-20(11-13-23)27-21(18-30(29-27)22-7-5-4-6-8-22)17-26-28(31)24-16-19(2)9-14-25(24)33-26/h3-14,16-18H,1,15H2,2H3/b26-17-. The van der Waals surface area contributed by atoms with Crippen molar-refractivity contribution >= 4 is 11.9 Å². The van der Waals surface area contributed by atoms with Crippen LogP contribution < -0.4 is 9.47 Å². The fourth-order valence-corrected chi connectivity index (χ4v) is 3.74. The van der Waals surface area contributed by atoms with E-state index in [0.29, 0.717) is 17.9 Å². The number of ether oxygens (including phenoxy) is 2. The number of hydrogen-bond acceptors (Lipinski definition) is 4. The molecule has 0 unspecified atom stereocenters. The predicted octanol–water partition coefficient (Wildman–Crippen LogP) is 6.03. The Balaban J connectivity index is 1.56. The van der Waals surface area contributed by atoms with Crippen molar-refractivity contribution in [1.29, 1.82) is 0 Å². The van der Waals surface area contributed by atoms with Gasteiger partial charge < -0.3 is 9.47 Å². The van der Waals surface area contributed by atoms with Crippen molar-refractivity contribution in [2.45, 2.75) is 6.92 Å². The van der Waals surface area contributed by atoms with Crippen LogP contribution in [0.3, 0.4) is 0 Å². The zero-order valence-electron chi connectivity index (χ0n) is 18.2. The molecule has 2 heterocycles. The molecule has 4 aromatic rings. The van der Waals surface area contributed by atoms with Crippen LogP contribution in [0.25, 0.3) is 23.0 Å². The quantitative estimate of drug-likeness (QED) is 0.275. The molecule has 1 aliphatic heterocycles. The van der Waals surface area contributed by atoms with Crippen LogP contribution in [-0.4, -0.2) is 22.2 Å². The molecule has 0 bridgehead atoms. The average molecular weight is 434 g/mol.